The van der Waals surface area contributed by atoms with Crippen LogP contribution in [0.2, 0.25) is 0 Å². The normalized spacial score (nSPS) is 15.0. The summed E-state index contributed by atoms with van der Waals surface area (Å²) in [4.78, 5) is 22.7. The number of nitrogens with one attached hydrogen (secondary N) is 2. The van der Waals surface area contributed by atoms with Crippen molar-refractivity contribution in [2.45, 2.75) is 44.9 Å². The van der Waals surface area contributed by atoms with Crippen molar-refractivity contribution in [3.05, 3.63) is 40.1 Å². The number of sulfonamides is 1. The highest BCUT2D eigenvalue weighted by atomic mass is 32.2. The number of aromatic amines is 1. The third-order valence-corrected chi connectivity index (χ3v) is 7.55. The number of fused-ring (bicyclic) bond motifs is 1. The first-order valence-corrected chi connectivity index (χ1v) is 13.9. The number of nitrogens with zero attached hydrogens (tertiary/aromatic N) is 4. The summed E-state index contributed by atoms with van der Waals surface area (Å²) in [5.74, 6) is 1.35. The Morgan fingerprint density at radius 2 is 1.97 bits per heavy atom. The molecule has 196 valence electrons. The fraction of sp³-hybridized carbons (Fsp3) is 0.542. The van der Waals surface area contributed by atoms with Crippen LogP contribution in [-0.2, 0) is 27.6 Å². The Kier molecular flexibility index (Phi) is 8.39. The topological polar surface area (TPSA) is 131 Å². The molecule has 0 aliphatic carbocycles. The van der Waals surface area contributed by atoms with E-state index in [4.69, 9.17) is 9.47 Å². The van der Waals surface area contributed by atoms with Crippen LogP contribution in [0.4, 0.5) is 0 Å². The molecule has 0 unspecified atom stereocenters. The summed E-state index contributed by atoms with van der Waals surface area (Å²) in [6.45, 7) is 9.93. The summed E-state index contributed by atoms with van der Waals surface area (Å²) >= 11 is 0. The molecule has 3 aromatic rings. The van der Waals surface area contributed by atoms with E-state index in [1.165, 1.54) is 12.1 Å². The molecule has 36 heavy (non-hydrogen) atoms. The van der Waals surface area contributed by atoms with Crippen molar-refractivity contribution >= 4 is 15.5 Å². The van der Waals surface area contributed by atoms with Gasteiger partial charge in [0.2, 0.25) is 10.0 Å². The van der Waals surface area contributed by atoms with Gasteiger partial charge in [-0.3, -0.25) is 9.69 Å². The van der Waals surface area contributed by atoms with Gasteiger partial charge in [-0.25, -0.2) is 22.6 Å². The molecule has 0 atom stereocenters. The number of imidazole rings is 1. The van der Waals surface area contributed by atoms with Gasteiger partial charge in [-0.15, -0.1) is 5.10 Å². The van der Waals surface area contributed by atoms with Gasteiger partial charge in [-0.2, -0.15) is 0 Å². The van der Waals surface area contributed by atoms with Crippen LogP contribution >= 0.6 is 0 Å². The highest BCUT2D eigenvalue weighted by molar-refractivity contribution is 7.89. The average Bonchev–Trinajstić information content (AvgIpc) is 3.23. The maximum absolute atomic E-state index is 13.1. The molecule has 0 spiro atoms. The summed E-state index contributed by atoms with van der Waals surface area (Å²) in [5.41, 5.74) is 1.16. The highest BCUT2D eigenvalue weighted by Gasteiger charge is 2.21. The van der Waals surface area contributed by atoms with E-state index in [2.05, 4.69) is 24.7 Å². The Morgan fingerprint density at radius 1 is 1.19 bits per heavy atom. The molecule has 1 aromatic carbocycles. The van der Waals surface area contributed by atoms with Gasteiger partial charge < -0.3 is 14.5 Å². The first-order chi connectivity index (χ1) is 17.4. The Labute approximate surface area is 210 Å². The molecule has 1 saturated heterocycles. The average molecular weight is 519 g/mol. The molecular weight excluding hydrogens is 484 g/mol. The Bertz CT molecular complexity index is 1360. The first kappa shape index (κ1) is 26.3. The van der Waals surface area contributed by atoms with Gasteiger partial charge in [-0.05, 0) is 38.0 Å². The smallest absolute Gasteiger partial charge is 0.277 e. The fourth-order valence-corrected chi connectivity index (χ4v) is 5.32. The molecule has 0 saturated carbocycles. The molecule has 3 heterocycles. The monoisotopic (exact) mass is 518 g/mol. The summed E-state index contributed by atoms with van der Waals surface area (Å²) in [6.07, 6.45) is 2.11. The lowest BCUT2D eigenvalue weighted by Gasteiger charge is -2.26. The number of hydrogen-bond acceptors (Lipinski definition) is 8. The van der Waals surface area contributed by atoms with E-state index in [0.717, 1.165) is 19.5 Å². The van der Waals surface area contributed by atoms with Gasteiger partial charge in [0, 0.05) is 32.6 Å². The van der Waals surface area contributed by atoms with Crippen LogP contribution in [0, 0.1) is 0 Å². The quantitative estimate of drug-likeness (QED) is 0.392. The van der Waals surface area contributed by atoms with Crippen molar-refractivity contribution in [1.29, 1.82) is 0 Å². The molecule has 2 N–H and O–H groups in total. The third kappa shape index (κ3) is 5.61. The lowest BCUT2D eigenvalue weighted by Crippen LogP contribution is -2.41. The maximum atomic E-state index is 13.1. The molecule has 12 heteroatoms. The van der Waals surface area contributed by atoms with Gasteiger partial charge in [-0.1, -0.05) is 13.8 Å². The lowest BCUT2D eigenvalue weighted by atomic mass is 10.2. The van der Waals surface area contributed by atoms with E-state index < -0.39 is 10.0 Å². The predicted octanol–water partition coefficient (Wildman–Crippen LogP) is 1.61. The number of hydrogen-bond donors (Lipinski definition) is 2. The van der Waals surface area contributed by atoms with Gasteiger partial charge >= 0.3 is 0 Å². The molecule has 11 nitrogen and oxygen atoms in total. The number of aryl methyl sites for hydroxylation is 2. The van der Waals surface area contributed by atoms with Crippen molar-refractivity contribution in [3.8, 4) is 17.1 Å². The molecular formula is C24H34N6O5S. The maximum Gasteiger partial charge on any atom is 0.277 e. The zero-order chi connectivity index (χ0) is 25.7. The zero-order valence-corrected chi connectivity index (χ0v) is 21.9. The molecule has 0 amide bonds. The summed E-state index contributed by atoms with van der Waals surface area (Å²) < 4.78 is 41.5. The van der Waals surface area contributed by atoms with Gasteiger partial charge in [0.1, 0.15) is 11.6 Å². The Morgan fingerprint density at radius 3 is 2.67 bits per heavy atom. The van der Waals surface area contributed by atoms with Crippen LogP contribution in [0.1, 0.15) is 38.7 Å². The standard InChI is InChI=1S/C24H34N6O5S/c1-4-7-21-26-19(5-2)22-24(31)27-23(28-30(21)22)18-16-17(8-9-20(18)35-6-3)36(32,33)25-10-11-29-12-14-34-15-13-29/h8-9,16,25H,4-7,10-15H2,1-3H3,(H,27,28,31). The van der Waals surface area contributed by atoms with Crippen molar-refractivity contribution in [2.75, 3.05) is 46.0 Å². The van der Waals surface area contributed by atoms with Crippen LogP contribution in [0.15, 0.2) is 27.9 Å². The van der Waals surface area contributed by atoms with E-state index in [9.17, 15) is 13.2 Å². The van der Waals surface area contributed by atoms with Crippen molar-refractivity contribution in [1.82, 2.24) is 29.2 Å². The number of rotatable bonds is 11. The molecule has 0 radical (unpaired) electrons. The van der Waals surface area contributed by atoms with Crippen LogP contribution in [0.5, 0.6) is 5.75 Å². The van der Waals surface area contributed by atoms with E-state index >= 15 is 0 Å². The van der Waals surface area contributed by atoms with Gasteiger partial charge in [0.25, 0.3) is 5.56 Å². The van der Waals surface area contributed by atoms with Crippen LogP contribution in [-0.4, -0.2) is 78.9 Å². The number of H-pyrrole nitrogens is 1. The number of ether oxygens (including phenoxy) is 2. The summed E-state index contributed by atoms with van der Waals surface area (Å²) in [6, 6.07) is 4.58. The van der Waals surface area contributed by atoms with Crippen molar-refractivity contribution in [2.24, 2.45) is 0 Å². The number of morpholine rings is 1. The molecule has 4 rings (SSSR count). The minimum absolute atomic E-state index is 0.0688. The fourth-order valence-electron chi connectivity index (χ4n) is 4.28. The Balaban J connectivity index is 1.70. The van der Waals surface area contributed by atoms with E-state index in [1.807, 2.05) is 20.8 Å². The van der Waals surface area contributed by atoms with Crippen LogP contribution < -0.4 is 15.0 Å². The molecule has 0 bridgehead atoms. The second kappa shape index (κ2) is 11.5. The molecule has 1 aliphatic heterocycles. The molecule has 1 aliphatic rings. The van der Waals surface area contributed by atoms with E-state index in [1.54, 1.807) is 10.6 Å². The summed E-state index contributed by atoms with van der Waals surface area (Å²) in [5, 5.41) is 4.67. The van der Waals surface area contributed by atoms with Crippen LogP contribution in [0.3, 0.4) is 0 Å². The predicted molar refractivity (Wildman–Crippen MR) is 136 cm³/mol. The first-order valence-electron chi connectivity index (χ1n) is 12.5. The van der Waals surface area contributed by atoms with Crippen molar-refractivity contribution in [3.63, 3.8) is 0 Å². The second-order valence-corrected chi connectivity index (χ2v) is 10.4. The second-order valence-electron chi connectivity index (χ2n) is 8.58. The number of aromatic nitrogens is 4. The van der Waals surface area contributed by atoms with E-state index in [-0.39, 0.29) is 22.8 Å². The molecule has 2 aromatic heterocycles. The van der Waals surface area contributed by atoms with Gasteiger partial charge in [0.15, 0.2) is 11.3 Å². The lowest BCUT2D eigenvalue weighted by molar-refractivity contribution is 0.0390. The SMILES string of the molecule is CCCc1nc(CC)c2c(=O)[nH]c(-c3cc(S(=O)(=O)NCCN4CCOCC4)ccc3OCC)nn12. The summed E-state index contributed by atoms with van der Waals surface area (Å²) in [7, 11) is -3.79. The van der Waals surface area contributed by atoms with E-state index in [0.29, 0.717) is 67.6 Å². The largest absolute Gasteiger partial charge is 0.493 e. The number of benzene rings is 1. The third-order valence-electron chi connectivity index (χ3n) is 6.09. The highest BCUT2D eigenvalue weighted by Crippen LogP contribution is 2.30. The minimum Gasteiger partial charge on any atom is -0.493 e. The zero-order valence-electron chi connectivity index (χ0n) is 21.0. The van der Waals surface area contributed by atoms with Crippen molar-refractivity contribution < 1.29 is 17.9 Å². The minimum atomic E-state index is -3.79. The van der Waals surface area contributed by atoms with Crippen LogP contribution in [0.25, 0.3) is 16.9 Å². The molecule has 1 fully saturated rings. The van der Waals surface area contributed by atoms with Gasteiger partial charge in [0.05, 0.1) is 36.0 Å². The Hall–Kier alpha value is -2.80.